The highest BCUT2D eigenvalue weighted by atomic mass is 16.5. The Balaban J connectivity index is 1.81. The number of rotatable bonds is 6. The van der Waals surface area contributed by atoms with Crippen LogP contribution in [0.25, 0.3) is 0 Å². The van der Waals surface area contributed by atoms with Crippen molar-refractivity contribution in [2.45, 2.75) is 25.7 Å². The SMILES string of the molecule is COc1ccc(C(=O)NCCCC2CC2)cc1O. The van der Waals surface area contributed by atoms with E-state index in [9.17, 15) is 9.90 Å². The summed E-state index contributed by atoms with van der Waals surface area (Å²) in [6, 6.07) is 4.66. The Morgan fingerprint density at radius 2 is 2.28 bits per heavy atom. The summed E-state index contributed by atoms with van der Waals surface area (Å²) in [7, 11) is 1.48. The van der Waals surface area contributed by atoms with Gasteiger partial charge in [-0.3, -0.25) is 4.79 Å². The number of amides is 1. The number of aromatic hydroxyl groups is 1. The number of phenols is 1. The highest BCUT2D eigenvalue weighted by molar-refractivity contribution is 5.94. The third-order valence-electron chi connectivity index (χ3n) is 3.21. The van der Waals surface area contributed by atoms with Crippen LogP contribution < -0.4 is 10.1 Å². The van der Waals surface area contributed by atoms with E-state index < -0.39 is 0 Å². The Bertz CT molecular complexity index is 427. The second kappa shape index (κ2) is 5.76. The number of methoxy groups -OCH3 is 1. The van der Waals surface area contributed by atoms with E-state index >= 15 is 0 Å². The molecule has 0 heterocycles. The fourth-order valence-corrected chi connectivity index (χ4v) is 1.93. The molecule has 1 aromatic carbocycles. The van der Waals surface area contributed by atoms with Gasteiger partial charge in [-0.1, -0.05) is 12.8 Å². The molecule has 1 aromatic rings. The van der Waals surface area contributed by atoms with E-state index in [4.69, 9.17) is 4.74 Å². The Hall–Kier alpha value is -1.71. The first-order chi connectivity index (χ1) is 8.70. The van der Waals surface area contributed by atoms with Crippen LogP contribution in [0, 0.1) is 5.92 Å². The fourth-order valence-electron chi connectivity index (χ4n) is 1.93. The lowest BCUT2D eigenvalue weighted by Crippen LogP contribution is -2.24. The summed E-state index contributed by atoms with van der Waals surface area (Å²) in [4.78, 5) is 11.8. The first-order valence-corrected chi connectivity index (χ1v) is 6.36. The van der Waals surface area contributed by atoms with Crippen LogP contribution in [-0.4, -0.2) is 24.7 Å². The predicted molar refractivity (Wildman–Crippen MR) is 69.0 cm³/mol. The predicted octanol–water partition coefficient (Wildman–Crippen LogP) is 2.32. The normalized spacial score (nSPS) is 14.3. The number of carbonyl (C=O) groups excluding carboxylic acids is 1. The van der Waals surface area contributed by atoms with E-state index in [1.165, 1.54) is 32.4 Å². The van der Waals surface area contributed by atoms with Crippen LogP contribution in [0.15, 0.2) is 18.2 Å². The molecule has 0 atom stereocenters. The van der Waals surface area contributed by atoms with Crippen molar-refractivity contribution in [3.05, 3.63) is 23.8 Å². The lowest BCUT2D eigenvalue weighted by atomic mass is 10.1. The van der Waals surface area contributed by atoms with Gasteiger partial charge in [0.1, 0.15) is 0 Å². The van der Waals surface area contributed by atoms with Crippen LogP contribution in [0.1, 0.15) is 36.0 Å². The summed E-state index contributed by atoms with van der Waals surface area (Å²) in [5, 5.41) is 12.4. The number of carbonyl (C=O) groups is 1. The molecule has 4 heteroatoms. The minimum atomic E-state index is -0.149. The van der Waals surface area contributed by atoms with Gasteiger partial charge in [0.05, 0.1) is 7.11 Å². The van der Waals surface area contributed by atoms with E-state index in [0.29, 0.717) is 17.9 Å². The Morgan fingerprint density at radius 3 is 2.89 bits per heavy atom. The van der Waals surface area contributed by atoms with Crippen molar-refractivity contribution in [2.24, 2.45) is 5.92 Å². The van der Waals surface area contributed by atoms with Crippen molar-refractivity contribution >= 4 is 5.91 Å². The lowest BCUT2D eigenvalue weighted by molar-refractivity contribution is 0.0952. The van der Waals surface area contributed by atoms with Crippen molar-refractivity contribution in [3.63, 3.8) is 0 Å². The molecule has 0 aliphatic heterocycles. The van der Waals surface area contributed by atoms with E-state index in [2.05, 4.69) is 5.32 Å². The van der Waals surface area contributed by atoms with Gasteiger partial charge in [0.15, 0.2) is 11.5 Å². The number of hydrogen-bond donors (Lipinski definition) is 2. The average Bonchev–Trinajstić information content (AvgIpc) is 3.18. The van der Waals surface area contributed by atoms with Crippen LogP contribution >= 0.6 is 0 Å². The summed E-state index contributed by atoms with van der Waals surface area (Å²) in [5.41, 5.74) is 0.458. The highest BCUT2D eigenvalue weighted by Crippen LogP contribution is 2.33. The van der Waals surface area contributed by atoms with Gasteiger partial charge in [-0.2, -0.15) is 0 Å². The zero-order valence-corrected chi connectivity index (χ0v) is 10.6. The van der Waals surface area contributed by atoms with E-state index in [1.54, 1.807) is 12.1 Å². The van der Waals surface area contributed by atoms with E-state index in [1.807, 2.05) is 0 Å². The molecule has 98 valence electrons. The Morgan fingerprint density at radius 1 is 1.50 bits per heavy atom. The van der Waals surface area contributed by atoms with Crippen LogP contribution in [0.3, 0.4) is 0 Å². The van der Waals surface area contributed by atoms with Crippen molar-refractivity contribution < 1.29 is 14.6 Å². The average molecular weight is 249 g/mol. The maximum absolute atomic E-state index is 11.8. The largest absolute Gasteiger partial charge is 0.504 e. The van der Waals surface area contributed by atoms with Crippen molar-refractivity contribution in [1.82, 2.24) is 5.32 Å². The number of phenolic OH excluding ortho intramolecular Hbond substituents is 1. The number of nitrogens with one attached hydrogen (secondary N) is 1. The number of benzene rings is 1. The van der Waals surface area contributed by atoms with Gasteiger partial charge in [-0.15, -0.1) is 0 Å². The minimum absolute atomic E-state index is 0.0110. The molecule has 1 aliphatic carbocycles. The highest BCUT2D eigenvalue weighted by Gasteiger charge is 2.20. The van der Waals surface area contributed by atoms with Crippen LogP contribution in [0.5, 0.6) is 11.5 Å². The zero-order valence-electron chi connectivity index (χ0n) is 10.6. The molecule has 2 N–H and O–H groups in total. The smallest absolute Gasteiger partial charge is 0.251 e. The summed E-state index contributed by atoms with van der Waals surface area (Å²) in [6.45, 7) is 0.697. The molecule has 0 bridgehead atoms. The van der Waals surface area contributed by atoms with Gasteiger partial charge in [0, 0.05) is 12.1 Å². The molecule has 0 radical (unpaired) electrons. The summed E-state index contributed by atoms with van der Waals surface area (Å²) in [6.07, 6.45) is 4.92. The molecule has 1 saturated carbocycles. The quantitative estimate of drug-likeness (QED) is 0.761. The van der Waals surface area contributed by atoms with Crippen molar-refractivity contribution in [3.8, 4) is 11.5 Å². The Kier molecular flexibility index (Phi) is 4.07. The molecule has 1 amide bonds. The Labute approximate surface area is 107 Å². The monoisotopic (exact) mass is 249 g/mol. The first-order valence-electron chi connectivity index (χ1n) is 6.36. The molecule has 1 fully saturated rings. The van der Waals surface area contributed by atoms with Crippen LogP contribution in [0.4, 0.5) is 0 Å². The third kappa shape index (κ3) is 3.39. The number of ether oxygens (including phenoxy) is 1. The van der Waals surface area contributed by atoms with Gasteiger partial charge in [0.2, 0.25) is 0 Å². The molecule has 0 aromatic heterocycles. The van der Waals surface area contributed by atoms with Crippen molar-refractivity contribution in [1.29, 1.82) is 0 Å². The second-order valence-electron chi connectivity index (χ2n) is 4.73. The summed E-state index contributed by atoms with van der Waals surface area (Å²) < 4.78 is 4.93. The molecule has 2 rings (SSSR count). The fraction of sp³-hybridized carbons (Fsp3) is 0.500. The van der Waals surface area contributed by atoms with Gasteiger partial charge < -0.3 is 15.2 Å². The van der Waals surface area contributed by atoms with Gasteiger partial charge >= 0.3 is 0 Å². The maximum Gasteiger partial charge on any atom is 0.251 e. The molecular weight excluding hydrogens is 230 g/mol. The summed E-state index contributed by atoms with van der Waals surface area (Å²) in [5.74, 6) is 1.11. The maximum atomic E-state index is 11.8. The minimum Gasteiger partial charge on any atom is -0.504 e. The molecular formula is C14H19NO3. The van der Waals surface area contributed by atoms with Gasteiger partial charge in [-0.05, 0) is 37.0 Å². The van der Waals surface area contributed by atoms with Crippen molar-refractivity contribution in [2.75, 3.05) is 13.7 Å². The first kappa shape index (κ1) is 12.7. The summed E-state index contributed by atoms with van der Waals surface area (Å²) >= 11 is 0. The van der Waals surface area contributed by atoms with Gasteiger partial charge in [-0.25, -0.2) is 0 Å². The number of hydrogen-bond acceptors (Lipinski definition) is 3. The van der Waals surface area contributed by atoms with Gasteiger partial charge in [0.25, 0.3) is 5.91 Å². The molecule has 4 nitrogen and oxygen atoms in total. The molecule has 18 heavy (non-hydrogen) atoms. The molecule has 0 saturated heterocycles. The van der Waals surface area contributed by atoms with Crippen LogP contribution in [0.2, 0.25) is 0 Å². The standard InChI is InChI=1S/C14H19NO3/c1-18-13-7-6-11(9-12(13)16)14(17)15-8-2-3-10-4-5-10/h6-7,9-10,16H,2-5,8H2,1H3,(H,15,17). The topological polar surface area (TPSA) is 58.6 Å². The van der Waals surface area contributed by atoms with E-state index in [0.717, 1.165) is 12.3 Å². The van der Waals surface area contributed by atoms with E-state index in [-0.39, 0.29) is 11.7 Å². The van der Waals surface area contributed by atoms with Crippen LogP contribution in [-0.2, 0) is 0 Å². The molecule has 1 aliphatic rings. The second-order valence-corrected chi connectivity index (χ2v) is 4.73. The zero-order chi connectivity index (χ0) is 13.0. The third-order valence-corrected chi connectivity index (χ3v) is 3.21. The molecule has 0 spiro atoms. The molecule has 0 unspecified atom stereocenters. The lowest BCUT2D eigenvalue weighted by Gasteiger charge is -2.07.